The van der Waals surface area contributed by atoms with Crippen LogP contribution < -0.4 is 16.8 Å². The fourth-order valence-electron chi connectivity index (χ4n) is 2.26. The number of benzene rings is 2. The van der Waals surface area contributed by atoms with E-state index in [1.807, 2.05) is 0 Å². The Morgan fingerprint density at radius 1 is 0.962 bits per heavy atom. The van der Waals surface area contributed by atoms with Crippen LogP contribution in [-0.4, -0.2) is 25.8 Å². The standard InChI is InChI=1S/C16H13N7O3/c17-15-20-13(21-16(18)22-15)9-5-7-10(8-6-9)19-14(24)11-3-1-2-4-12(11)23(25)26/h1-8H,(H,19,24)(H4,17,18,20,21,22). The molecule has 0 saturated carbocycles. The van der Waals surface area contributed by atoms with E-state index in [0.717, 1.165) is 0 Å². The highest BCUT2D eigenvalue weighted by molar-refractivity contribution is 6.07. The molecule has 0 fully saturated rings. The molecule has 130 valence electrons. The number of nitrogens with one attached hydrogen (secondary N) is 1. The first-order valence-corrected chi connectivity index (χ1v) is 7.36. The molecule has 1 aromatic heterocycles. The maximum absolute atomic E-state index is 12.3. The van der Waals surface area contributed by atoms with Gasteiger partial charge in [0.2, 0.25) is 11.9 Å². The summed E-state index contributed by atoms with van der Waals surface area (Å²) in [5.41, 5.74) is 11.9. The highest BCUT2D eigenvalue weighted by Gasteiger charge is 2.19. The highest BCUT2D eigenvalue weighted by Crippen LogP contribution is 2.22. The number of carbonyl (C=O) groups excluding carboxylic acids is 1. The Hall–Kier alpha value is -4.08. The third-order valence-electron chi connectivity index (χ3n) is 3.42. The Balaban J connectivity index is 1.82. The predicted octanol–water partition coefficient (Wildman–Crippen LogP) is 1.86. The summed E-state index contributed by atoms with van der Waals surface area (Å²) in [6.45, 7) is 0. The van der Waals surface area contributed by atoms with Crippen LogP contribution in [0.4, 0.5) is 23.3 Å². The number of amides is 1. The van der Waals surface area contributed by atoms with E-state index in [1.54, 1.807) is 30.3 Å². The summed E-state index contributed by atoms with van der Waals surface area (Å²) in [7, 11) is 0. The monoisotopic (exact) mass is 351 g/mol. The molecular weight excluding hydrogens is 338 g/mol. The number of anilines is 3. The number of nitro benzene ring substituents is 1. The van der Waals surface area contributed by atoms with Gasteiger partial charge in [-0.2, -0.15) is 15.0 Å². The molecule has 0 aliphatic carbocycles. The van der Waals surface area contributed by atoms with Crippen molar-refractivity contribution in [3.05, 3.63) is 64.2 Å². The first-order chi connectivity index (χ1) is 12.4. The molecule has 10 nitrogen and oxygen atoms in total. The number of hydrogen-bond donors (Lipinski definition) is 3. The highest BCUT2D eigenvalue weighted by atomic mass is 16.6. The molecule has 0 aliphatic heterocycles. The van der Waals surface area contributed by atoms with E-state index in [0.29, 0.717) is 17.1 Å². The van der Waals surface area contributed by atoms with Gasteiger partial charge in [-0.15, -0.1) is 0 Å². The van der Waals surface area contributed by atoms with Crippen molar-refractivity contribution in [3.8, 4) is 11.4 Å². The van der Waals surface area contributed by atoms with Gasteiger partial charge in [0.25, 0.3) is 11.6 Å². The Labute approximate surface area is 147 Å². The SMILES string of the molecule is Nc1nc(N)nc(-c2ccc(NC(=O)c3ccccc3[N+](=O)[O-])cc2)n1. The van der Waals surface area contributed by atoms with Gasteiger partial charge in [0, 0.05) is 17.3 Å². The zero-order valence-corrected chi connectivity index (χ0v) is 13.3. The summed E-state index contributed by atoms with van der Waals surface area (Å²) >= 11 is 0. The van der Waals surface area contributed by atoms with Gasteiger partial charge >= 0.3 is 0 Å². The molecule has 0 saturated heterocycles. The van der Waals surface area contributed by atoms with Crippen LogP contribution in [0, 0.1) is 10.1 Å². The fourth-order valence-corrected chi connectivity index (χ4v) is 2.26. The molecule has 5 N–H and O–H groups in total. The number of rotatable bonds is 4. The lowest BCUT2D eigenvalue weighted by atomic mass is 10.1. The van der Waals surface area contributed by atoms with Crippen LogP contribution in [0.25, 0.3) is 11.4 Å². The van der Waals surface area contributed by atoms with Crippen molar-refractivity contribution in [3.63, 3.8) is 0 Å². The zero-order valence-electron chi connectivity index (χ0n) is 13.3. The van der Waals surface area contributed by atoms with Crippen LogP contribution in [0.15, 0.2) is 48.5 Å². The summed E-state index contributed by atoms with van der Waals surface area (Å²) in [4.78, 5) is 34.4. The maximum atomic E-state index is 12.3. The van der Waals surface area contributed by atoms with E-state index in [-0.39, 0.29) is 23.1 Å². The number of carbonyl (C=O) groups is 1. The van der Waals surface area contributed by atoms with Gasteiger partial charge in [0.05, 0.1) is 4.92 Å². The van der Waals surface area contributed by atoms with Crippen LogP contribution in [0.1, 0.15) is 10.4 Å². The van der Waals surface area contributed by atoms with Crippen molar-refractivity contribution in [2.24, 2.45) is 0 Å². The Kier molecular flexibility index (Phi) is 4.39. The number of hydrogen-bond acceptors (Lipinski definition) is 8. The van der Waals surface area contributed by atoms with E-state index in [1.165, 1.54) is 18.2 Å². The third kappa shape index (κ3) is 3.53. The summed E-state index contributed by atoms with van der Waals surface area (Å²) in [5, 5.41) is 13.6. The number of nitrogen functional groups attached to an aromatic ring is 2. The molecule has 0 radical (unpaired) electrons. The van der Waals surface area contributed by atoms with E-state index >= 15 is 0 Å². The fraction of sp³-hybridized carbons (Fsp3) is 0. The number of nitro groups is 1. The Morgan fingerprint density at radius 3 is 2.19 bits per heavy atom. The zero-order chi connectivity index (χ0) is 18.7. The first kappa shape index (κ1) is 16.8. The number of nitrogens with two attached hydrogens (primary N) is 2. The summed E-state index contributed by atoms with van der Waals surface area (Å²) < 4.78 is 0. The van der Waals surface area contributed by atoms with Gasteiger partial charge in [0.15, 0.2) is 5.82 Å². The predicted molar refractivity (Wildman–Crippen MR) is 95.1 cm³/mol. The van der Waals surface area contributed by atoms with Crippen molar-refractivity contribution < 1.29 is 9.72 Å². The second-order valence-corrected chi connectivity index (χ2v) is 5.18. The largest absolute Gasteiger partial charge is 0.368 e. The molecule has 0 bridgehead atoms. The molecule has 2 aromatic carbocycles. The molecule has 0 aliphatic rings. The molecular formula is C16H13N7O3. The summed E-state index contributed by atoms with van der Waals surface area (Å²) in [6.07, 6.45) is 0. The van der Waals surface area contributed by atoms with Crippen LogP contribution in [-0.2, 0) is 0 Å². The van der Waals surface area contributed by atoms with Gasteiger partial charge in [-0.25, -0.2) is 0 Å². The van der Waals surface area contributed by atoms with Crippen LogP contribution in [0.5, 0.6) is 0 Å². The second-order valence-electron chi connectivity index (χ2n) is 5.18. The normalized spacial score (nSPS) is 10.3. The topological polar surface area (TPSA) is 163 Å². The van der Waals surface area contributed by atoms with Crippen LogP contribution in [0.3, 0.4) is 0 Å². The van der Waals surface area contributed by atoms with Crippen molar-refractivity contribution in [2.45, 2.75) is 0 Å². The molecule has 1 heterocycles. The van der Waals surface area contributed by atoms with E-state index in [2.05, 4.69) is 20.3 Å². The van der Waals surface area contributed by atoms with Gasteiger partial charge in [-0.05, 0) is 30.3 Å². The van der Waals surface area contributed by atoms with E-state index in [9.17, 15) is 14.9 Å². The quantitative estimate of drug-likeness (QED) is 0.473. The van der Waals surface area contributed by atoms with Crippen molar-refractivity contribution in [2.75, 3.05) is 16.8 Å². The number of aromatic nitrogens is 3. The molecule has 1 amide bonds. The number of para-hydroxylation sites is 1. The molecule has 10 heteroatoms. The molecule has 0 atom stereocenters. The van der Waals surface area contributed by atoms with Gasteiger partial charge < -0.3 is 16.8 Å². The lowest BCUT2D eigenvalue weighted by Crippen LogP contribution is -2.13. The lowest BCUT2D eigenvalue weighted by Gasteiger charge is -2.07. The lowest BCUT2D eigenvalue weighted by molar-refractivity contribution is -0.385. The third-order valence-corrected chi connectivity index (χ3v) is 3.42. The van der Waals surface area contributed by atoms with Crippen LogP contribution >= 0.6 is 0 Å². The van der Waals surface area contributed by atoms with Crippen molar-refractivity contribution >= 4 is 29.2 Å². The molecule has 0 spiro atoms. The Morgan fingerprint density at radius 2 is 1.58 bits per heavy atom. The summed E-state index contributed by atoms with van der Waals surface area (Å²) in [6, 6.07) is 12.2. The summed E-state index contributed by atoms with van der Waals surface area (Å²) in [5.74, 6) is -0.284. The average Bonchev–Trinajstić information content (AvgIpc) is 2.61. The van der Waals surface area contributed by atoms with Crippen LogP contribution in [0.2, 0.25) is 0 Å². The van der Waals surface area contributed by atoms with E-state index in [4.69, 9.17) is 11.5 Å². The molecule has 3 aromatic rings. The van der Waals surface area contributed by atoms with Gasteiger partial charge in [0.1, 0.15) is 5.56 Å². The first-order valence-electron chi connectivity index (χ1n) is 7.36. The van der Waals surface area contributed by atoms with Gasteiger partial charge in [-0.1, -0.05) is 12.1 Å². The van der Waals surface area contributed by atoms with E-state index < -0.39 is 10.8 Å². The van der Waals surface area contributed by atoms with Crippen molar-refractivity contribution in [1.29, 1.82) is 0 Å². The minimum atomic E-state index is -0.604. The number of nitrogens with zero attached hydrogens (tertiary/aromatic N) is 4. The minimum Gasteiger partial charge on any atom is -0.368 e. The molecule has 0 unspecified atom stereocenters. The molecule has 26 heavy (non-hydrogen) atoms. The maximum Gasteiger partial charge on any atom is 0.282 e. The average molecular weight is 351 g/mol. The Bertz CT molecular complexity index is 969. The minimum absolute atomic E-state index is 0.00117. The van der Waals surface area contributed by atoms with Gasteiger partial charge in [-0.3, -0.25) is 14.9 Å². The smallest absolute Gasteiger partial charge is 0.282 e. The van der Waals surface area contributed by atoms with Crippen molar-refractivity contribution in [1.82, 2.24) is 15.0 Å². The molecule has 3 rings (SSSR count). The second kappa shape index (κ2) is 6.81.